The van der Waals surface area contributed by atoms with E-state index in [9.17, 15) is 14.4 Å². The number of hydrogen-bond donors (Lipinski definition) is 1. The van der Waals surface area contributed by atoms with Crippen LogP contribution >= 0.6 is 38.5 Å². The van der Waals surface area contributed by atoms with Crippen molar-refractivity contribution < 1.29 is 19.1 Å². The molecule has 0 bridgehead atoms. The van der Waals surface area contributed by atoms with E-state index in [0.29, 0.717) is 23.4 Å². The number of nitrogens with one attached hydrogen (secondary N) is 1. The number of rotatable bonds is 6. The molecule has 35 heavy (non-hydrogen) atoms. The molecular formula is C27H22BrIN2O4. The van der Waals surface area contributed by atoms with Gasteiger partial charge in [-0.3, -0.25) is 14.9 Å². The Labute approximate surface area is 225 Å². The zero-order valence-corrected chi connectivity index (χ0v) is 22.8. The van der Waals surface area contributed by atoms with E-state index < -0.39 is 17.8 Å². The zero-order valence-electron chi connectivity index (χ0n) is 19.1. The number of imide groups is 2. The van der Waals surface area contributed by atoms with Crippen LogP contribution < -0.4 is 15.0 Å². The highest BCUT2D eigenvalue weighted by Crippen LogP contribution is 2.32. The average molecular weight is 645 g/mol. The van der Waals surface area contributed by atoms with E-state index in [0.717, 1.165) is 36.1 Å². The molecule has 178 valence electrons. The monoisotopic (exact) mass is 644 g/mol. The number of methoxy groups -OCH3 is 1. The molecule has 1 heterocycles. The topological polar surface area (TPSA) is 75.7 Å². The van der Waals surface area contributed by atoms with Gasteiger partial charge in [-0.05, 0) is 82.1 Å². The van der Waals surface area contributed by atoms with Crippen molar-refractivity contribution in [2.24, 2.45) is 0 Å². The standard InChI is InChI=1S/C27H22BrIN2O4/c1-3-16-8-10-19(11-9-16)31-26(33)21(25(32)30-27(31)34)12-17-13-23(29)20(24(14-17)35-2)15-18-6-4-5-7-22(18)28/h4-14H,3,15H2,1-2H3,(H,30,32,34)/b21-12+. The van der Waals surface area contributed by atoms with E-state index >= 15 is 0 Å². The van der Waals surface area contributed by atoms with Crippen LogP contribution in [0.2, 0.25) is 0 Å². The Morgan fingerprint density at radius 2 is 1.77 bits per heavy atom. The molecule has 1 aliphatic heterocycles. The van der Waals surface area contributed by atoms with Crippen molar-refractivity contribution in [2.45, 2.75) is 19.8 Å². The molecule has 1 saturated heterocycles. The van der Waals surface area contributed by atoms with Gasteiger partial charge in [-0.2, -0.15) is 0 Å². The van der Waals surface area contributed by atoms with E-state index in [4.69, 9.17) is 4.74 Å². The van der Waals surface area contributed by atoms with Crippen LogP contribution in [-0.2, 0) is 22.4 Å². The molecule has 1 fully saturated rings. The lowest BCUT2D eigenvalue weighted by atomic mass is 10.0. The number of benzene rings is 3. The molecule has 0 unspecified atom stereocenters. The van der Waals surface area contributed by atoms with Gasteiger partial charge in [0.15, 0.2) is 0 Å². The van der Waals surface area contributed by atoms with Gasteiger partial charge >= 0.3 is 6.03 Å². The third-order valence-corrected chi connectivity index (χ3v) is 7.47. The van der Waals surface area contributed by atoms with Crippen LogP contribution in [0.25, 0.3) is 6.08 Å². The average Bonchev–Trinajstić information content (AvgIpc) is 2.84. The SMILES string of the molecule is CCc1ccc(N2C(=O)NC(=O)/C(=C\c3cc(I)c(Cc4ccccc4Br)c(OC)c3)C2=O)cc1. The first-order valence-electron chi connectivity index (χ1n) is 10.9. The molecule has 0 atom stereocenters. The van der Waals surface area contributed by atoms with Crippen molar-refractivity contribution in [3.63, 3.8) is 0 Å². The minimum atomic E-state index is -0.766. The number of ether oxygens (including phenoxy) is 1. The lowest BCUT2D eigenvalue weighted by molar-refractivity contribution is -0.122. The third kappa shape index (κ3) is 5.33. The van der Waals surface area contributed by atoms with Crippen molar-refractivity contribution in [1.29, 1.82) is 0 Å². The van der Waals surface area contributed by atoms with Crippen molar-refractivity contribution in [3.05, 3.63) is 96.5 Å². The number of barbiturate groups is 1. The second-order valence-corrected chi connectivity index (χ2v) is 9.95. The molecule has 0 aromatic heterocycles. The number of hydrogen-bond acceptors (Lipinski definition) is 4. The first kappa shape index (κ1) is 25.1. The summed E-state index contributed by atoms with van der Waals surface area (Å²) in [6.07, 6.45) is 2.97. The Hall–Kier alpha value is -2.98. The molecule has 6 nitrogen and oxygen atoms in total. The second kappa shape index (κ2) is 10.7. The van der Waals surface area contributed by atoms with Crippen LogP contribution in [0.15, 0.2) is 70.7 Å². The molecule has 3 aromatic rings. The predicted octanol–water partition coefficient (Wildman–Crippen LogP) is 5.88. The van der Waals surface area contributed by atoms with Crippen LogP contribution in [0, 0.1) is 3.57 Å². The van der Waals surface area contributed by atoms with Gasteiger partial charge in [0, 0.05) is 20.0 Å². The van der Waals surface area contributed by atoms with Crippen molar-refractivity contribution in [2.75, 3.05) is 12.0 Å². The third-order valence-electron chi connectivity index (χ3n) is 5.74. The second-order valence-electron chi connectivity index (χ2n) is 7.93. The van der Waals surface area contributed by atoms with Gasteiger partial charge < -0.3 is 4.74 Å². The molecule has 4 rings (SSSR count). The molecule has 1 aliphatic rings. The van der Waals surface area contributed by atoms with E-state index in [2.05, 4.69) is 43.8 Å². The summed E-state index contributed by atoms with van der Waals surface area (Å²) in [7, 11) is 1.59. The fraction of sp³-hybridized carbons (Fsp3) is 0.148. The smallest absolute Gasteiger partial charge is 0.335 e. The van der Waals surface area contributed by atoms with E-state index in [1.165, 1.54) is 6.08 Å². The van der Waals surface area contributed by atoms with Gasteiger partial charge in [-0.1, -0.05) is 53.2 Å². The highest BCUT2D eigenvalue weighted by Gasteiger charge is 2.36. The van der Waals surface area contributed by atoms with Crippen LogP contribution in [0.4, 0.5) is 10.5 Å². The van der Waals surface area contributed by atoms with Gasteiger partial charge in [-0.15, -0.1) is 0 Å². The van der Waals surface area contributed by atoms with Crippen LogP contribution in [-0.4, -0.2) is 25.0 Å². The molecule has 3 aromatic carbocycles. The van der Waals surface area contributed by atoms with E-state index in [1.807, 2.05) is 49.4 Å². The van der Waals surface area contributed by atoms with Crippen LogP contribution in [0.5, 0.6) is 5.75 Å². The number of halogens is 2. The first-order chi connectivity index (χ1) is 16.8. The van der Waals surface area contributed by atoms with Gasteiger partial charge in [0.2, 0.25) is 0 Å². The number of carbonyl (C=O) groups is 3. The quantitative estimate of drug-likeness (QED) is 0.207. The van der Waals surface area contributed by atoms with Gasteiger partial charge in [0.1, 0.15) is 11.3 Å². The van der Waals surface area contributed by atoms with Crippen molar-refractivity contribution in [1.82, 2.24) is 5.32 Å². The summed E-state index contributed by atoms with van der Waals surface area (Å²) in [5.74, 6) is -0.756. The number of carbonyl (C=O) groups excluding carboxylic acids is 3. The van der Waals surface area contributed by atoms with Gasteiger partial charge in [0.25, 0.3) is 11.8 Å². The summed E-state index contributed by atoms with van der Waals surface area (Å²) in [4.78, 5) is 39.3. The Balaban J connectivity index is 1.69. The lowest BCUT2D eigenvalue weighted by Crippen LogP contribution is -2.54. The van der Waals surface area contributed by atoms with Gasteiger partial charge in [0.05, 0.1) is 12.8 Å². The summed E-state index contributed by atoms with van der Waals surface area (Å²) in [5, 5.41) is 2.27. The fourth-order valence-electron chi connectivity index (χ4n) is 3.84. The van der Waals surface area contributed by atoms with Crippen molar-refractivity contribution in [3.8, 4) is 5.75 Å². The summed E-state index contributed by atoms with van der Waals surface area (Å²) in [5.41, 5.74) is 4.08. The summed E-state index contributed by atoms with van der Waals surface area (Å²) >= 11 is 5.82. The zero-order chi connectivity index (χ0) is 25.1. The maximum Gasteiger partial charge on any atom is 0.335 e. The Bertz CT molecular complexity index is 1350. The normalized spacial score (nSPS) is 14.9. The number of urea groups is 1. The highest BCUT2D eigenvalue weighted by molar-refractivity contribution is 14.1. The Morgan fingerprint density at radius 1 is 1.06 bits per heavy atom. The maximum absolute atomic E-state index is 13.2. The number of aryl methyl sites for hydroxylation is 1. The molecule has 0 aliphatic carbocycles. The predicted molar refractivity (Wildman–Crippen MR) is 147 cm³/mol. The molecule has 4 amide bonds. The minimum Gasteiger partial charge on any atom is -0.496 e. The lowest BCUT2D eigenvalue weighted by Gasteiger charge is -2.26. The summed E-state index contributed by atoms with van der Waals surface area (Å²) in [6, 6.07) is 18.0. The Kier molecular flexibility index (Phi) is 7.71. The van der Waals surface area contributed by atoms with Gasteiger partial charge in [-0.25, -0.2) is 9.69 Å². The maximum atomic E-state index is 13.2. The molecule has 8 heteroatoms. The largest absolute Gasteiger partial charge is 0.496 e. The van der Waals surface area contributed by atoms with E-state index in [-0.39, 0.29) is 5.57 Å². The first-order valence-corrected chi connectivity index (χ1v) is 12.8. The van der Waals surface area contributed by atoms with Crippen LogP contribution in [0.3, 0.4) is 0 Å². The van der Waals surface area contributed by atoms with Crippen LogP contribution in [0.1, 0.15) is 29.2 Å². The fourth-order valence-corrected chi connectivity index (χ4v) is 5.08. The molecule has 1 N–H and O–H groups in total. The van der Waals surface area contributed by atoms with E-state index in [1.54, 1.807) is 25.3 Å². The molecule has 0 spiro atoms. The molecule has 0 saturated carbocycles. The highest BCUT2D eigenvalue weighted by atomic mass is 127. The summed E-state index contributed by atoms with van der Waals surface area (Å²) in [6.45, 7) is 2.02. The summed E-state index contributed by atoms with van der Waals surface area (Å²) < 4.78 is 7.58. The molecular weight excluding hydrogens is 623 g/mol. The number of amides is 4. The number of nitrogens with zero attached hydrogens (tertiary/aromatic N) is 1. The number of anilines is 1. The Morgan fingerprint density at radius 3 is 2.43 bits per heavy atom. The minimum absolute atomic E-state index is 0.124. The van der Waals surface area contributed by atoms with Crippen molar-refractivity contribution >= 4 is 68.1 Å². The molecule has 0 radical (unpaired) electrons.